The van der Waals surface area contributed by atoms with E-state index in [1.165, 1.54) is 11.3 Å². The highest BCUT2D eigenvalue weighted by molar-refractivity contribution is 7.09. The van der Waals surface area contributed by atoms with E-state index in [4.69, 9.17) is 0 Å². The van der Waals surface area contributed by atoms with E-state index in [-0.39, 0.29) is 18.6 Å². The number of imide groups is 2. The predicted molar refractivity (Wildman–Crippen MR) is 96.9 cm³/mol. The molecule has 1 aromatic rings. The maximum absolute atomic E-state index is 12.4. The van der Waals surface area contributed by atoms with E-state index in [1.807, 2.05) is 12.3 Å². The van der Waals surface area contributed by atoms with Crippen molar-refractivity contribution >= 4 is 35.1 Å². The number of piperazine rings is 1. The summed E-state index contributed by atoms with van der Waals surface area (Å²) in [5.41, 5.74) is 0.919. The van der Waals surface area contributed by atoms with Gasteiger partial charge in [0.05, 0.1) is 32.6 Å². The third kappa shape index (κ3) is 4.01. The van der Waals surface area contributed by atoms with Gasteiger partial charge < -0.3 is 9.80 Å². The number of thiazole rings is 1. The van der Waals surface area contributed by atoms with Crippen molar-refractivity contribution in [3.8, 4) is 0 Å². The standard InChI is InChI=1S/C17H23N5O4S/c1-11(2)22-16(25)15(24)21(17(22)26)10-19-4-6-20(7-5-19)14(23)8-13-18-12(3)9-27-13/h9,11H,4-8,10H2,1-3H3/p+1. The van der Waals surface area contributed by atoms with Crippen molar-refractivity contribution in [3.05, 3.63) is 16.1 Å². The van der Waals surface area contributed by atoms with Gasteiger partial charge in [0.15, 0.2) is 6.67 Å². The summed E-state index contributed by atoms with van der Waals surface area (Å²) in [5, 5.41) is 2.74. The molecule has 0 saturated carbocycles. The van der Waals surface area contributed by atoms with Crippen molar-refractivity contribution in [2.75, 3.05) is 32.8 Å². The lowest BCUT2D eigenvalue weighted by Gasteiger charge is -2.33. The Morgan fingerprint density at radius 2 is 1.89 bits per heavy atom. The van der Waals surface area contributed by atoms with E-state index >= 15 is 0 Å². The van der Waals surface area contributed by atoms with Crippen LogP contribution in [0.4, 0.5) is 4.79 Å². The zero-order chi connectivity index (χ0) is 19.7. The number of aromatic nitrogens is 1. The third-order valence-corrected chi connectivity index (χ3v) is 5.74. The summed E-state index contributed by atoms with van der Waals surface area (Å²) in [7, 11) is 0. The molecule has 0 radical (unpaired) electrons. The Hall–Kier alpha value is -2.33. The van der Waals surface area contributed by atoms with E-state index in [2.05, 4.69) is 4.98 Å². The number of carbonyl (C=O) groups is 4. The van der Waals surface area contributed by atoms with Gasteiger partial charge in [0, 0.05) is 17.1 Å². The highest BCUT2D eigenvalue weighted by Crippen LogP contribution is 2.14. The zero-order valence-electron chi connectivity index (χ0n) is 15.7. The number of urea groups is 1. The van der Waals surface area contributed by atoms with Gasteiger partial charge in [-0.25, -0.2) is 14.7 Å². The van der Waals surface area contributed by atoms with Crippen LogP contribution in [0.25, 0.3) is 0 Å². The molecule has 0 aliphatic carbocycles. The molecule has 2 saturated heterocycles. The summed E-state index contributed by atoms with van der Waals surface area (Å²) in [6.07, 6.45) is 0.300. The summed E-state index contributed by atoms with van der Waals surface area (Å²) in [6, 6.07) is -0.900. The second-order valence-electron chi connectivity index (χ2n) is 7.13. The summed E-state index contributed by atoms with van der Waals surface area (Å²) < 4.78 is 0. The number of aryl methyl sites for hydroxylation is 1. The molecule has 9 nitrogen and oxygen atoms in total. The number of nitrogens with one attached hydrogen (secondary N) is 1. The first kappa shape index (κ1) is 19.4. The van der Waals surface area contributed by atoms with Crippen LogP contribution in [0.5, 0.6) is 0 Å². The van der Waals surface area contributed by atoms with E-state index in [0.717, 1.165) is 25.4 Å². The van der Waals surface area contributed by atoms with Gasteiger partial charge in [-0.1, -0.05) is 0 Å². The van der Waals surface area contributed by atoms with E-state index < -0.39 is 17.8 Å². The monoisotopic (exact) mass is 394 g/mol. The molecule has 3 heterocycles. The molecule has 146 valence electrons. The van der Waals surface area contributed by atoms with Crippen LogP contribution >= 0.6 is 11.3 Å². The number of hydrogen-bond donors (Lipinski definition) is 1. The molecule has 3 rings (SSSR count). The lowest BCUT2D eigenvalue weighted by Crippen LogP contribution is -3.16. The predicted octanol–water partition coefficient (Wildman–Crippen LogP) is -1.12. The second-order valence-corrected chi connectivity index (χ2v) is 8.08. The maximum atomic E-state index is 12.4. The average molecular weight is 394 g/mol. The van der Waals surface area contributed by atoms with Crippen LogP contribution in [0.3, 0.4) is 0 Å². The molecule has 0 bridgehead atoms. The number of nitrogens with zero attached hydrogens (tertiary/aromatic N) is 4. The number of quaternary nitrogens is 1. The van der Waals surface area contributed by atoms with Crippen molar-refractivity contribution < 1.29 is 24.1 Å². The Morgan fingerprint density at radius 3 is 2.41 bits per heavy atom. The van der Waals surface area contributed by atoms with Crippen molar-refractivity contribution in [3.63, 3.8) is 0 Å². The molecule has 5 amide bonds. The highest BCUT2D eigenvalue weighted by atomic mass is 32.1. The first-order valence-electron chi connectivity index (χ1n) is 8.99. The minimum Gasteiger partial charge on any atom is -0.331 e. The van der Waals surface area contributed by atoms with Gasteiger partial charge in [0.1, 0.15) is 5.01 Å². The minimum atomic E-state index is -0.765. The first-order chi connectivity index (χ1) is 12.8. The Kier molecular flexibility index (Phi) is 5.56. The van der Waals surface area contributed by atoms with Crippen LogP contribution in [-0.4, -0.2) is 82.3 Å². The van der Waals surface area contributed by atoms with E-state index in [9.17, 15) is 19.2 Å². The lowest BCUT2D eigenvalue weighted by molar-refractivity contribution is -0.911. The van der Waals surface area contributed by atoms with Gasteiger partial charge in [0.2, 0.25) is 5.91 Å². The molecule has 0 atom stereocenters. The molecule has 27 heavy (non-hydrogen) atoms. The first-order valence-corrected chi connectivity index (χ1v) is 9.87. The Labute approximate surface area is 161 Å². The molecule has 2 aliphatic heterocycles. The number of hydrogen-bond acceptors (Lipinski definition) is 6. The van der Waals surface area contributed by atoms with Crippen LogP contribution in [-0.2, 0) is 20.8 Å². The van der Waals surface area contributed by atoms with Crippen molar-refractivity contribution in [2.45, 2.75) is 33.2 Å². The van der Waals surface area contributed by atoms with Gasteiger partial charge >= 0.3 is 17.8 Å². The van der Waals surface area contributed by atoms with E-state index in [0.29, 0.717) is 32.6 Å². The zero-order valence-corrected chi connectivity index (χ0v) is 16.5. The fourth-order valence-corrected chi connectivity index (χ4v) is 4.06. The SMILES string of the molecule is Cc1csc(CC(=O)N2CC[NH+](CN3C(=O)C(=O)N(C(C)C)C3=O)CC2)n1. The normalized spacial score (nSPS) is 19.0. The molecular weight excluding hydrogens is 370 g/mol. The Balaban J connectivity index is 1.52. The maximum Gasteiger partial charge on any atom is 0.338 e. The molecular formula is C17H24N5O4S+. The number of rotatable bonds is 5. The summed E-state index contributed by atoms with van der Waals surface area (Å²) in [4.78, 5) is 58.0. The van der Waals surface area contributed by atoms with Gasteiger partial charge in [0.25, 0.3) is 0 Å². The van der Waals surface area contributed by atoms with Gasteiger partial charge in [-0.05, 0) is 20.8 Å². The summed E-state index contributed by atoms with van der Waals surface area (Å²) in [6.45, 7) is 7.80. The molecule has 2 aliphatic rings. The molecule has 1 N–H and O–H groups in total. The Bertz CT molecular complexity index is 769. The largest absolute Gasteiger partial charge is 0.338 e. The summed E-state index contributed by atoms with van der Waals surface area (Å²) in [5.74, 6) is -1.49. The molecule has 10 heteroatoms. The molecule has 0 unspecified atom stereocenters. The van der Waals surface area contributed by atoms with Crippen molar-refractivity contribution in [2.24, 2.45) is 0 Å². The Morgan fingerprint density at radius 1 is 1.22 bits per heavy atom. The third-order valence-electron chi connectivity index (χ3n) is 4.77. The highest BCUT2D eigenvalue weighted by Gasteiger charge is 2.47. The van der Waals surface area contributed by atoms with Gasteiger partial charge in [-0.15, -0.1) is 11.3 Å². The number of amides is 5. The average Bonchev–Trinajstić information content (AvgIpc) is 3.11. The molecule has 2 fully saturated rings. The van der Waals surface area contributed by atoms with Crippen LogP contribution < -0.4 is 4.90 Å². The van der Waals surface area contributed by atoms with Crippen LogP contribution in [0.2, 0.25) is 0 Å². The van der Waals surface area contributed by atoms with Crippen LogP contribution in [0.15, 0.2) is 5.38 Å². The molecule has 0 aromatic carbocycles. The quantitative estimate of drug-likeness (QED) is 0.504. The van der Waals surface area contributed by atoms with Crippen molar-refractivity contribution in [1.29, 1.82) is 0 Å². The van der Waals surface area contributed by atoms with Crippen LogP contribution in [0.1, 0.15) is 24.5 Å². The second kappa shape index (κ2) is 7.73. The van der Waals surface area contributed by atoms with E-state index in [1.54, 1.807) is 18.7 Å². The smallest absolute Gasteiger partial charge is 0.331 e. The topological polar surface area (TPSA) is 95.3 Å². The lowest BCUT2D eigenvalue weighted by atomic mass is 10.3. The van der Waals surface area contributed by atoms with Crippen LogP contribution in [0, 0.1) is 6.92 Å². The fraction of sp³-hybridized carbons (Fsp3) is 0.588. The van der Waals surface area contributed by atoms with Gasteiger partial charge in [-0.2, -0.15) is 0 Å². The molecule has 1 aromatic heterocycles. The fourth-order valence-electron chi connectivity index (χ4n) is 3.30. The molecule has 0 spiro atoms. The summed E-state index contributed by atoms with van der Waals surface area (Å²) >= 11 is 1.48. The number of carbonyl (C=O) groups excluding carboxylic acids is 4. The van der Waals surface area contributed by atoms with Crippen molar-refractivity contribution in [1.82, 2.24) is 19.7 Å². The minimum absolute atomic E-state index is 0.0397. The van der Waals surface area contributed by atoms with Gasteiger partial charge in [-0.3, -0.25) is 19.3 Å².